The van der Waals surface area contributed by atoms with E-state index >= 15 is 0 Å². The summed E-state index contributed by atoms with van der Waals surface area (Å²) in [5.74, 6) is -0.942. The van der Waals surface area contributed by atoms with Gasteiger partial charge in [-0.05, 0) is 43.2 Å². The molecule has 4 aromatic carbocycles. The van der Waals surface area contributed by atoms with Gasteiger partial charge in [-0.2, -0.15) is 0 Å². The highest BCUT2D eigenvalue weighted by atomic mass is 32.2. The van der Waals surface area contributed by atoms with E-state index in [2.05, 4.69) is 0 Å². The maximum absolute atomic E-state index is 13.8. The van der Waals surface area contributed by atoms with Crippen LogP contribution in [0, 0.1) is 5.82 Å². The summed E-state index contributed by atoms with van der Waals surface area (Å²) in [7, 11) is -4.03. The standard InChI is InChI=1S/C31H29FN2O6S/c1-3-39-29-23-10-6-7-11-24(23)30(40-4-2)28-25(29)18-34(31(28)36)22-15-13-20(14-16-22)19-41(37,38)33-27(35)17-21-9-5-8-12-26(21)32/h5-16H,3-4,17-19H2,1-2H3,(H,33,35). The van der Waals surface area contributed by atoms with Gasteiger partial charge in [0.1, 0.15) is 17.3 Å². The summed E-state index contributed by atoms with van der Waals surface area (Å²) in [4.78, 5) is 27.6. The van der Waals surface area contributed by atoms with E-state index in [0.717, 1.165) is 16.3 Å². The van der Waals surface area contributed by atoms with Gasteiger partial charge >= 0.3 is 0 Å². The molecule has 0 saturated heterocycles. The fourth-order valence-corrected chi connectivity index (χ4v) is 6.16. The zero-order valence-corrected chi connectivity index (χ0v) is 23.5. The maximum Gasteiger partial charge on any atom is 0.262 e. The molecule has 1 aliphatic heterocycles. The molecule has 212 valence electrons. The molecular formula is C31H29FN2O6S. The van der Waals surface area contributed by atoms with Crippen LogP contribution in [0.15, 0.2) is 72.8 Å². The van der Waals surface area contributed by atoms with Crippen molar-refractivity contribution in [3.8, 4) is 11.5 Å². The zero-order chi connectivity index (χ0) is 29.1. The van der Waals surface area contributed by atoms with Crippen LogP contribution in [0.4, 0.5) is 10.1 Å². The van der Waals surface area contributed by atoms with Crippen LogP contribution in [0.25, 0.3) is 10.8 Å². The number of halogens is 1. The van der Waals surface area contributed by atoms with Gasteiger partial charge in [0.05, 0.1) is 37.5 Å². The number of amides is 2. The SMILES string of the molecule is CCOc1c2c(c(OCC)c3ccccc13)C(=O)N(c1ccc(CS(=O)(=O)NC(=O)Cc3ccccc3F)cc1)C2. The number of carbonyl (C=O) groups excluding carboxylic acids is 2. The number of hydrogen-bond donors (Lipinski definition) is 1. The third-order valence-corrected chi connectivity index (χ3v) is 8.01. The highest BCUT2D eigenvalue weighted by molar-refractivity contribution is 7.89. The molecule has 2 amide bonds. The molecule has 41 heavy (non-hydrogen) atoms. The molecule has 0 aromatic heterocycles. The number of ether oxygens (including phenoxy) is 2. The quantitative estimate of drug-likeness (QED) is 0.281. The fraction of sp³-hybridized carbons (Fsp3) is 0.226. The lowest BCUT2D eigenvalue weighted by Crippen LogP contribution is -2.33. The van der Waals surface area contributed by atoms with Crippen LogP contribution in [0.2, 0.25) is 0 Å². The van der Waals surface area contributed by atoms with E-state index in [1.807, 2.05) is 42.8 Å². The van der Waals surface area contributed by atoms with Gasteiger partial charge in [0.15, 0.2) is 0 Å². The molecule has 0 radical (unpaired) electrons. The average Bonchev–Trinajstić information content (AvgIpc) is 3.28. The molecule has 4 aromatic rings. The smallest absolute Gasteiger partial charge is 0.262 e. The molecule has 10 heteroatoms. The zero-order valence-electron chi connectivity index (χ0n) is 22.6. The molecule has 0 unspecified atom stereocenters. The van der Waals surface area contributed by atoms with Gasteiger partial charge in [0, 0.05) is 22.0 Å². The van der Waals surface area contributed by atoms with Crippen molar-refractivity contribution in [2.45, 2.75) is 32.6 Å². The summed E-state index contributed by atoms with van der Waals surface area (Å²) in [5, 5.41) is 1.66. The van der Waals surface area contributed by atoms with E-state index in [-0.39, 0.29) is 18.0 Å². The second-order valence-electron chi connectivity index (χ2n) is 9.53. The number of anilines is 1. The number of benzene rings is 4. The van der Waals surface area contributed by atoms with Crippen molar-refractivity contribution < 1.29 is 31.9 Å². The van der Waals surface area contributed by atoms with Crippen LogP contribution in [-0.4, -0.2) is 33.4 Å². The molecule has 1 heterocycles. The Kier molecular flexibility index (Phi) is 7.94. The van der Waals surface area contributed by atoms with E-state index in [1.54, 1.807) is 35.2 Å². The molecule has 5 rings (SSSR count). The number of fused-ring (bicyclic) bond motifs is 2. The Morgan fingerprint density at radius 2 is 1.51 bits per heavy atom. The van der Waals surface area contributed by atoms with Crippen LogP contribution in [0.5, 0.6) is 11.5 Å². The van der Waals surface area contributed by atoms with Crippen LogP contribution in [-0.2, 0) is 33.5 Å². The fourth-order valence-electron chi connectivity index (χ4n) is 5.03. The van der Waals surface area contributed by atoms with E-state index in [9.17, 15) is 22.4 Å². The van der Waals surface area contributed by atoms with Gasteiger partial charge in [-0.1, -0.05) is 54.6 Å². The molecule has 1 aliphatic rings. The Balaban J connectivity index is 1.36. The predicted molar refractivity (Wildman–Crippen MR) is 154 cm³/mol. The minimum absolute atomic E-state index is 0.105. The average molecular weight is 577 g/mol. The Labute approximate surface area is 237 Å². The summed E-state index contributed by atoms with van der Waals surface area (Å²) in [6.07, 6.45) is -0.398. The Hall–Kier alpha value is -4.44. The van der Waals surface area contributed by atoms with Gasteiger partial charge in [0.25, 0.3) is 5.91 Å². The summed E-state index contributed by atoms with van der Waals surface area (Å²) < 4.78 is 53.1. The Morgan fingerprint density at radius 1 is 0.902 bits per heavy atom. The normalized spacial score (nSPS) is 12.9. The second kappa shape index (κ2) is 11.6. The Bertz CT molecular complexity index is 1740. The van der Waals surface area contributed by atoms with Crippen LogP contribution >= 0.6 is 0 Å². The molecule has 0 fully saturated rings. The van der Waals surface area contributed by atoms with Crippen LogP contribution in [0.1, 0.15) is 40.9 Å². The van der Waals surface area contributed by atoms with Gasteiger partial charge in [-0.3, -0.25) is 14.3 Å². The highest BCUT2D eigenvalue weighted by Gasteiger charge is 2.36. The summed E-state index contributed by atoms with van der Waals surface area (Å²) in [6, 6.07) is 19.9. The maximum atomic E-state index is 13.8. The lowest BCUT2D eigenvalue weighted by Gasteiger charge is -2.16. The first-order chi connectivity index (χ1) is 19.7. The van der Waals surface area contributed by atoms with Crippen molar-refractivity contribution >= 4 is 38.3 Å². The molecular weight excluding hydrogens is 547 g/mol. The van der Waals surface area contributed by atoms with Gasteiger partial charge in [0.2, 0.25) is 15.9 Å². The summed E-state index contributed by atoms with van der Waals surface area (Å²) in [6.45, 7) is 4.83. The predicted octanol–water partition coefficient (Wildman–Crippen LogP) is 5.13. The van der Waals surface area contributed by atoms with E-state index < -0.39 is 33.9 Å². The van der Waals surface area contributed by atoms with Gasteiger partial charge in [-0.15, -0.1) is 0 Å². The number of carbonyl (C=O) groups is 2. The first-order valence-electron chi connectivity index (χ1n) is 13.2. The third-order valence-electron chi connectivity index (χ3n) is 6.75. The molecule has 0 aliphatic carbocycles. The van der Waals surface area contributed by atoms with Crippen molar-refractivity contribution in [3.05, 3.63) is 101 Å². The van der Waals surface area contributed by atoms with Crippen molar-refractivity contribution in [2.24, 2.45) is 0 Å². The van der Waals surface area contributed by atoms with Crippen molar-refractivity contribution in [3.63, 3.8) is 0 Å². The molecule has 0 spiro atoms. The van der Waals surface area contributed by atoms with Gasteiger partial charge in [-0.25, -0.2) is 12.8 Å². The molecule has 1 N–H and O–H groups in total. The van der Waals surface area contributed by atoms with Crippen molar-refractivity contribution in [2.75, 3.05) is 18.1 Å². The van der Waals surface area contributed by atoms with E-state index in [1.165, 1.54) is 18.2 Å². The second-order valence-corrected chi connectivity index (χ2v) is 11.3. The number of nitrogens with zero attached hydrogens (tertiary/aromatic N) is 1. The number of nitrogens with one attached hydrogen (secondary N) is 1. The largest absolute Gasteiger partial charge is 0.493 e. The number of hydrogen-bond acceptors (Lipinski definition) is 6. The Morgan fingerprint density at radius 3 is 2.17 bits per heavy atom. The molecule has 0 bridgehead atoms. The third kappa shape index (κ3) is 5.74. The lowest BCUT2D eigenvalue weighted by atomic mass is 9.99. The minimum atomic E-state index is -4.03. The van der Waals surface area contributed by atoms with Crippen molar-refractivity contribution in [1.82, 2.24) is 4.72 Å². The van der Waals surface area contributed by atoms with Gasteiger partial charge < -0.3 is 14.4 Å². The summed E-state index contributed by atoms with van der Waals surface area (Å²) in [5.41, 5.74) is 2.29. The number of sulfonamides is 1. The topological polar surface area (TPSA) is 102 Å². The molecule has 0 saturated carbocycles. The lowest BCUT2D eigenvalue weighted by molar-refractivity contribution is -0.118. The van der Waals surface area contributed by atoms with Crippen LogP contribution < -0.4 is 19.1 Å². The molecule has 8 nitrogen and oxygen atoms in total. The van der Waals surface area contributed by atoms with Crippen LogP contribution in [0.3, 0.4) is 0 Å². The van der Waals surface area contributed by atoms with Crippen molar-refractivity contribution in [1.29, 1.82) is 0 Å². The van der Waals surface area contributed by atoms with E-state index in [4.69, 9.17) is 9.47 Å². The monoisotopic (exact) mass is 576 g/mol. The number of rotatable bonds is 10. The molecule has 0 atom stereocenters. The minimum Gasteiger partial charge on any atom is -0.493 e. The first kappa shape index (κ1) is 28.1. The van der Waals surface area contributed by atoms with E-state index in [0.29, 0.717) is 41.5 Å². The summed E-state index contributed by atoms with van der Waals surface area (Å²) >= 11 is 0. The highest BCUT2D eigenvalue weighted by Crippen LogP contribution is 2.46. The first-order valence-corrected chi connectivity index (χ1v) is 14.9.